The molecule has 0 aliphatic rings. The van der Waals surface area contributed by atoms with Crippen LogP contribution < -0.4 is 5.76 Å². The van der Waals surface area contributed by atoms with Crippen LogP contribution in [0.4, 0.5) is 13.2 Å². The van der Waals surface area contributed by atoms with E-state index in [0.29, 0.717) is 5.56 Å². The third kappa shape index (κ3) is 4.78. The molecule has 0 fully saturated rings. The summed E-state index contributed by atoms with van der Waals surface area (Å²) in [6, 6.07) is 9.07. The lowest BCUT2D eigenvalue weighted by Gasteiger charge is -2.06. The molecule has 0 spiro atoms. The van der Waals surface area contributed by atoms with E-state index in [4.69, 9.17) is 4.42 Å². The minimum absolute atomic E-state index is 0.0107. The van der Waals surface area contributed by atoms with Gasteiger partial charge in [0.2, 0.25) is 5.89 Å². The molecule has 1 heterocycles. The zero-order valence-corrected chi connectivity index (χ0v) is 15.0. The number of halogens is 3. The topological polar surface area (TPSA) is 68.3 Å². The van der Waals surface area contributed by atoms with Gasteiger partial charge in [-0.05, 0) is 37.3 Å². The maximum absolute atomic E-state index is 12.6. The van der Waals surface area contributed by atoms with E-state index in [1.54, 1.807) is 12.1 Å². The van der Waals surface area contributed by atoms with Crippen LogP contribution in [0.25, 0.3) is 11.5 Å². The molecule has 0 aliphatic heterocycles. The third-order valence-electron chi connectivity index (χ3n) is 3.62. The first kappa shape index (κ1) is 20.3. The van der Waals surface area contributed by atoms with Crippen LogP contribution in [0.3, 0.4) is 0 Å². The van der Waals surface area contributed by atoms with Crippen molar-refractivity contribution in [2.24, 2.45) is 0 Å². The van der Waals surface area contributed by atoms with Gasteiger partial charge >= 0.3 is 11.9 Å². The van der Waals surface area contributed by atoms with E-state index in [0.717, 1.165) is 22.4 Å². The van der Waals surface area contributed by atoms with Crippen LogP contribution in [-0.4, -0.2) is 14.9 Å². The minimum Gasteiger partial charge on any atom is -0.508 e. The number of hydrogen-bond acceptors (Lipinski definition) is 4. The smallest absolute Gasteiger partial charge is 0.437 e. The van der Waals surface area contributed by atoms with Gasteiger partial charge in [0.15, 0.2) is 0 Å². The summed E-state index contributed by atoms with van der Waals surface area (Å²) in [5.41, 5.74) is 0.821. The highest BCUT2D eigenvalue weighted by atomic mass is 19.4. The molecule has 0 saturated heterocycles. The van der Waals surface area contributed by atoms with Gasteiger partial charge in [-0.1, -0.05) is 31.5 Å². The first-order chi connectivity index (χ1) is 12.7. The van der Waals surface area contributed by atoms with Gasteiger partial charge < -0.3 is 9.52 Å². The SMILES string of the molecule is CC.Cc1ccc(O)c(Cn2nc(-c3ccc(C(F)(F)F)cc3)oc2=O)c1. The molecule has 0 radical (unpaired) electrons. The van der Waals surface area contributed by atoms with Crippen molar-refractivity contribution in [3.63, 3.8) is 0 Å². The summed E-state index contributed by atoms with van der Waals surface area (Å²) < 4.78 is 43.8. The number of aromatic hydroxyl groups is 1. The van der Waals surface area contributed by atoms with Crippen molar-refractivity contribution in [1.82, 2.24) is 9.78 Å². The van der Waals surface area contributed by atoms with Crippen LogP contribution in [0.5, 0.6) is 5.75 Å². The van der Waals surface area contributed by atoms with Crippen LogP contribution in [0.1, 0.15) is 30.5 Å². The monoisotopic (exact) mass is 380 g/mol. The molecule has 1 aromatic heterocycles. The van der Waals surface area contributed by atoms with Crippen molar-refractivity contribution in [2.75, 3.05) is 0 Å². The molecule has 144 valence electrons. The van der Waals surface area contributed by atoms with Crippen LogP contribution in [0, 0.1) is 6.92 Å². The number of nitrogens with zero attached hydrogens (tertiary/aromatic N) is 2. The zero-order chi connectivity index (χ0) is 20.2. The summed E-state index contributed by atoms with van der Waals surface area (Å²) in [5, 5.41) is 13.8. The van der Waals surface area contributed by atoms with Gasteiger partial charge in [0, 0.05) is 11.1 Å². The normalized spacial score (nSPS) is 11.0. The highest BCUT2D eigenvalue weighted by molar-refractivity contribution is 5.53. The first-order valence-electron chi connectivity index (χ1n) is 8.28. The fourth-order valence-corrected chi connectivity index (χ4v) is 2.33. The van der Waals surface area contributed by atoms with Gasteiger partial charge in [-0.3, -0.25) is 0 Å². The number of benzene rings is 2. The summed E-state index contributed by atoms with van der Waals surface area (Å²) in [5.74, 6) is -0.849. The number of phenols is 1. The molecule has 0 unspecified atom stereocenters. The Hall–Kier alpha value is -3.03. The number of hydrogen-bond donors (Lipinski definition) is 1. The van der Waals surface area contributed by atoms with E-state index in [1.165, 1.54) is 18.2 Å². The highest BCUT2D eigenvalue weighted by Gasteiger charge is 2.30. The maximum Gasteiger partial charge on any atom is 0.437 e. The quantitative estimate of drug-likeness (QED) is 0.720. The lowest BCUT2D eigenvalue weighted by molar-refractivity contribution is -0.137. The van der Waals surface area contributed by atoms with Crippen molar-refractivity contribution < 1.29 is 22.7 Å². The van der Waals surface area contributed by atoms with Crippen molar-refractivity contribution in [3.05, 3.63) is 69.7 Å². The minimum atomic E-state index is -4.44. The Morgan fingerprint density at radius 3 is 2.33 bits per heavy atom. The molecule has 0 atom stereocenters. The van der Waals surface area contributed by atoms with E-state index in [2.05, 4.69) is 5.10 Å². The Labute approximate surface area is 153 Å². The summed E-state index contributed by atoms with van der Waals surface area (Å²) in [6.45, 7) is 5.82. The number of aromatic nitrogens is 2. The lowest BCUT2D eigenvalue weighted by Crippen LogP contribution is -2.16. The molecule has 3 aromatic rings. The molecule has 8 heteroatoms. The van der Waals surface area contributed by atoms with E-state index in [1.807, 2.05) is 20.8 Å². The van der Waals surface area contributed by atoms with Crippen LogP contribution in [-0.2, 0) is 12.7 Å². The molecule has 3 rings (SSSR count). The number of phenolic OH excluding ortho intramolecular Hbond substituents is 1. The van der Waals surface area contributed by atoms with Crippen LogP contribution >= 0.6 is 0 Å². The van der Waals surface area contributed by atoms with Gasteiger partial charge in [0.1, 0.15) is 5.75 Å². The highest BCUT2D eigenvalue weighted by Crippen LogP contribution is 2.30. The lowest BCUT2D eigenvalue weighted by atomic mass is 10.1. The molecule has 0 aliphatic carbocycles. The van der Waals surface area contributed by atoms with Crippen molar-refractivity contribution in [1.29, 1.82) is 0 Å². The first-order valence-corrected chi connectivity index (χ1v) is 8.28. The fourth-order valence-electron chi connectivity index (χ4n) is 2.33. The summed E-state index contributed by atoms with van der Waals surface area (Å²) >= 11 is 0. The van der Waals surface area contributed by atoms with Crippen molar-refractivity contribution in [3.8, 4) is 17.2 Å². The zero-order valence-electron chi connectivity index (χ0n) is 15.0. The second-order valence-electron chi connectivity index (χ2n) is 5.54. The average molecular weight is 380 g/mol. The van der Waals surface area contributed by atoms with E-state index < -0.39 is 17.5 Å². The number of aryl methyl sites for hydroxylation is 1. The molecular weight excluding hydrogens is 361 g/mol. The second-order valence-corrected chi connectivity index (χ2v) is 5.54. The third-order valence-corrected chi connectivity index (χ3v) is 3.62. The van der Waals surface area contributed by atoms with Gasteiger partial charge in [-0.2, -0.15) is 17.9 Å². The Morgan fingerprint density at radius 2 is 1.74 bits per heavy atom. The van der Waals surface area contributed by atoms with E-state index in [9.17, 15) is 23.1 Å². The predicted molar refractivity (Wildman–Crippen MR) is 94.5 cm³/mol. The largest absolute Gasteiger partial charge is 0.508 e. The molecule has 0 bridgehead atoms. The van der Waals surface area contributed by atoms with E-state index >= 15 is 0 Å². The molecule has 27 heavy (non-hydrogen) atoms. The van der Waals surface area contributed by atoms with Gasteiger partial charge in [-0.25, -0.2) is 4.79 Å². The predicted octanol–water partition coefficient (Wildman–Crippen LogP) is 4.61. The Balaban J connectivity index is 0.00000126. The molecule has 0 amide bonds. The van der Waals surface area contributed by atoms with E-state index in [-0.39, 0.29) is 23.7 Å². The fraction of sp³-hybridized carbons (Fsp3) is 0.263. The molecule has 1 N–H and O–H groups in total. The van der Waals surface area contributed by atoms with Crippen LogP contribution in [0.2, 0.25) is 0 Å². The van der Waals surface area contributed by atoms with Gasteiger partial charge in [0.25, 0.3) is 0 Å². The van der Waals surface area contributed by atoms with Crippen molar-refractivity contribution in [2.45, 2.75) is 33.5 Å². The molecule has 2 aromatic carbocycles. The van der Waals surface area contributed by atoms with Crippen molar-refractivity contribution >= 4 is 0 Å². The molecule has 0 saturated carbocycles. The van der Waals surface area contributed by atoms with Gasteiger partial charge in [-0.15, -0.1) is 5.10 Å². The standard InChI is InChI=1S/C17H13F3N2O3.C2H6/c1-10-2-7-14(23)12(8-10)9-22-16(24)25-15(21-22)11-3-5-13(6-4-11)17(18,19)20;1-2/h2-8,23H,9H2,1H3;1-2H3. The van der Waals surface area contributed by atoms with Crippen LogP contribution in [0.15, 0.2) is 51.7 Å². The Kier molecular flexibility index (Phi) is 6.09. The van der Waals surface area contributed by atoms with Gasteiger partial charge in [0.05, 0.1) is 12.1 Å². The number of rotatable bonds is 3. The maximum atomic E-state index is 12.6. The molecular formula is C19H19F3N2O3. The summed E-state index contributed by atoms with van der Waals surface area (Å²) in [6.07, 6.45) is -4.44. The number of alkyl halides is 3. The molecule has 5 nitrogen and oxygen atoms in total. The Morgan fingerprint density at radius 1 is 1.11 bits per heavy atom. The Bertz CT molecular complexity index is 958. The second kappa shape index (κ2) is 8.11. The summed E-state index contributed by atoms with van der Waals surface area (Å²) in [4.78, 5) is 11.9. The average Bonchev–Trinajstić information content (AvgIpc) is 3.00. The summed E-state index contributed by atoms with van der Waals surface area (Å²) in [7, 11) is 0.